The molecule has 0 aliphatic carbocycles. The van der Waals surface area contributed by atoms with Crippen LogP contribution in [0.3, 0.4) is 0 Å². The van der Waals surface area contributed by atoms with Crippen LogP contribution in [-0.4, -0.2) is 41.0 Å². The minimum Gasteiger partial charge on any atom is -0.426 e. The van der Waals surface area contributed by atoms with Gasteiger partial charge in [0.2, 0.25) is 0 Å². The number of thiocarbonyl (C=S) groups is 1. The smallest absolute Gasteiger partial charge is 0.297 e. The second-order valence-electron chi connectivity index (χ2n) is 4.29. The zero-order valence-corrected chi connectivity index (χ0v) is 11.2. The Kier molecular flexibility index (Phi) is 3.81. The molecule has 1 amide bonds. The minimum atomic E-state index is -0.197. The van der Waals surface area contributed by atoms with Crippen molar-refractivity contribution in [2.75, 3.05) is 20.1 Å². The fourth-order valence-electron chi connectivity index (χ4n) is 2.01. The molecule has 0 N–H and O–H groups in total. The molecule has 0 unspecified atom stereocenters. The molecule has 0 spiro atoms. The van der Waals surface area contributed by atoms with Gasteiger partial charge in [-0.15, -0.1) is 6.58 Å². The number of hydrogen-bond donors (Lipinski definition) is 0. The maximum Gasteiger partial charge on any atom is 0.297 e. The number of amides is 1. The van der Waals surface area contributed by atoms with Crippen molar-refractivity contribution in [3.8, 4) is 0 Å². The molecule has 0 aromatic rings. The maximum absolute atomic E-state index is 11.9. The van der Waals surface area contributed by atoms with Crippen molar-refractivity contribution in [1.29, 1.82) is 0 Å². The summed E-state index contributed by atoms with van der Waals surface area (Å²) in [4.78, 5) is 15.5. The van der Waals surface area contributed by atoms with Crippen LogP contribution >= 0.6 is 12.2 Å². The number of ether oxygens (including phenoxy) is 1. The van der Waals surface area contributed by atoms with Gasteiger partial charge in [0.15, 0.2) is 5.76 Å². The molecule has 2 rings (SSSR count). The number of hydrogen-bond acceptors (Lipinski definition) is 4. The van der Waals surface area contributed by atoms with Crippen LogP contribution in [0.4, 0.5) is 0 Å². The van der Waals surface area contributed by atoms with Crippen LogP contribution in [-0.2, 0) is 9.53 Å². The molecule has 0 aromatic carbocycles. The molecule has 0 atom stereocenters. The fraction of sp³-hybridized carbons (Fsp3) is 0.385. The third-order valence-electron chi connectivity index (χ3n) is 3.03. The Morgan fingerprint density at radius 3 is 2.89 bits per heavy atom. The van der Waals surface area contributed by atoms with E-state index in [2.05, 4.69) is 11.5 Å². The van der Waals surface area contributed by atoms with E-state index in [0.717, 1.165) is 19.4 Å². The van der Waals surface area contributed by atoms with Gasteiger partial charge in [0.25, 0.3) is 11.1 Å². The van der Waals surface area contributed by atoms with Crippen LogP contribution in [0, 0.1) is 0 Å². The van der Waals surface area contributed by atoms with E-state index in [-0.39, 0.29) is 16.8 Å². The molecule has 2 heterocycles. The van der Waals surface area contributed by atoms with E-state index < -0.39 is 0 Å². The molecular formula is C13H16N2O2S. The third kappa shape index (κ3) is 2.46. The normalized spacial score (nSPS) is 24.3. The molecule has 0 saturated carbocycles. The molecule has 18 heavy (non-hydrogen) atoms. The van der Waals surface area contributed by atoms with Gasteiger partial charge in [-0.1, -0.05) is 6.08 Å². The first-order valence-electron chi connectivity index (χ1n) is 5.90. The van der Waals surface area contributed by atoms with Crippen molar-refractivity contribution >= 4 is 23.3 Å². The number of carbonyl (C=O) groups is 1. The van der Waals surface area contributed by atoms with Crippen molar-refractivity contribution in [3.05, 3.63) is 36.3 Å². The van der Waals surface area contributed by atoms with Gasteiger partial charge in [-0.2, -0.15) is 0 Å². The van der Waals surface area contributed by atoms with Crippen molar-refractivity contribution in [2.24, 2.45) is 0 Å². The van der Waals surface area contributed by atoms with Crippen LogP contribution in [0.25, 0.3) is 0 Å². The van der Waals surface area contributed by atoms with Gasteiger partial charge < -0.3 is 9.64 Å². The van der Waals surface area contributed by atoms with E-state index in [9.17, 15) is 4.79 Å². The van der Waals surface area contributed by atoms with Gasteiger partial charge in [0.05, 0.1) is 0 Å². The predicted octanol–water partition coefficient (Wildman–Crippen LogP) is 1.81. The van der Waals surface area contributed by atoms with Crippen LogP contribution < -0.4 is 0 Å². The van der Waals surface area contributed by atoms with E-state index in [1.807, 2.05) is 13.1 Å². The van der Waals surface area contributed by atoms with Crippen LogP contribution in [0.2, 0.25) is 0 Å². The summed E-state index contributed by atoms with van der Waals surface area (Å²) in [6.45, 7) is 5.03. The Balaban J connectivity index is 2.13. The second-order valence-corrected chi connectivity index (χ2v) is 4.64. The molecule has 5 heteroatoms. The molecule has 0 aromatic heterocycles. The largest absolute Gasteiger partial charge is 0.426 e. The highest BCUT2D eigenvalue weighted by Crippen LogP contribution is 2.21. The van der Waals surface area contributed by atoms with Gasteiger partial charge in [-0.05, 0) is 37.2 Å². The first kappa shape index (κ1) is 12.8. The topological polar surface area (TPSA) is 32.8 Å². The lowest BCUT2D eigenvalue weighted by Gasteiger charge is -2.11. The van der Waals surface area contributed by atoms with Crippen LogP contribution in [0.1, 0.15) is 12.8 Å². The molecule has 96 valence electrons. The molecule has 0 radical (unpaired) electrons. The van der Waals surface area contributed by atoms with Crippen molar-refractivity contribution in [3.63, 3.8) is 0 Å². The molecular weight excluding hydrogens is 248 g/mol. The Morgan fingerprint density at radius 1 is 1.50 bits per heavy atom. The third-order valence-corrected chi connectivity index (χ3v) is 3.33. The summed E-state index contributed by atoms with van der Waals surface area (Å²) in [5.41, 5.74) is 1.21. The molecule has 2 aliphatic heterocycles. The summed E-state index contributed by atoms with van der Waals surface area (Å²) < 4.78 is 5.29. The average molecular weight is 264 g/mol. The summed E-state index contributed by atoms with van der Waals surface area (Å²) in [5, 5.41) is 0.198. The highest BCUT2D eigenvalue weighted by Gasteiger charge is 2.32. The number of rotatable bonds is 3. The number of allylic oxidation sites excluding steroid dienone is 3. The quantitative estimate of drug-likeness (QED) is 0.442. The van der Waals surface area contributed by atoms with Gasteiger partial charge in [-0.3, -0.25) is 9.69 Å². The van der Waals surface area contributed by atoms with Gasteiger partial charge >= 0.3 is 0 Å². The zero-order chi connectivity index (χ0) is 13.1. The average Bonchev–Trinajstić information content (AvgIpc) is 2.86. The summed E-state index contributed by atoms with van der Waals surface area (Å²) >= 11 is 5.00. The predicted molar refractivity (Wildman–Crippen MR) is 73.6 cm³/mol. The van der Waals surface area contributed by atoms with Crippen molar-refractivity contribution < 1.29 is 9.53 Å². The molecule has 4 nitrogen and oxygen atoms in total. The number of likely N-dealkylation sites (tertiary alicyclic amines) is 1. The van der Waals surface area contributed by atoms with E-state index in [1.165, 1.54) is 10.6 Å². The van der Waals surface area contributed by atoms with Gasteiger partial charge in [-0.25, -0.2) is 0 Å². The summed E-state index contributed by atoms with van der Waals surface area (Å²) in [7, 11) is 2.04. The van der Waals surface area contributed by atoms with Crippen molar-refractivity contribution in [2.45, 2.75) is 12.8 Å². The van der Waals surface area contributed by atoms with Gasteiger partial charge in [0.1, 0.15) is 0 Å². The number of carbonyl (C=O) groups excluding carboxylic acids is 1. The highest BCUT2D eigenvalue weighted by molar-refractivity contribution is 7.80. The lowest BCUT2D eigenvalue weighted by Crippen LogP contribution is -2.28. The summed E-state index contributed by atoms with van der Waals surface area (Å²) in [6, 6.07) is 0. The zero-order valence-electron chi connectivity index (χ0n) is 10.4. The van der Waals surface area contributed by atoms with Gasteiger partial charge in [0, 0.05) is 25.8 Å². The minimum absolute atomic E-state index is 0.197. The fourth-order valence-corrected chi connectivity index (χ4v) is 2.26. The summed E-state index contributed by atoms with van der Waals surface area (Å²) in [5.74, 6) is 0.0899. The standard InChI is InChI=1S/C13H16N2O2S/c1-3-8-15-12(16)11(17-13(15)18)7-6-10-5-4-9-14(10)2/h3,6-7H,1,4-5,8-9H2,2H3/b10-6-,11-7-. The first-order valence-corrected chi connectivity index (χ1v) is 6.31. The van der Waals surface area contributed by atoms with E-state index in [0.29, 0.717) is 6.54 Å². The monoisotopic (exact) mass is 264 g/mol. The Bertz CT molecular complexity index is 454. The van der Waals surface area contributed by atoms with E-state index in [1.54, 1.807) is 12.2 Å². The first-order chi connectivity index (χ1) is 8.63. The van der Waals surface area contributed by atoms with E-state index >= 15 is 0 Å². The highest BCUT2D eigenvalue weighted by atomic mass is 32.1. The molecule has 0 bridgehead atoms. The van der Waals surface area contributed by atoms with Crippen LogP contribution in [0.5, 0.6) is 0 Å². The summed E-state index contributed by atoms with van der Waals surface area (Å²) in [6.07, 6.45) is 7.45. The lowest BCUT2D eigenvalue weighted by molar-refractivity contribution is -0.122. The Labute approximate surface area is 112 Å². The molecule has 2 fully saturated rings. The molecule has 2 saturated heterocycles. The number of nitrogens with zero attached hydrogens (tertiary/aromatic N) is 2. The van der Waals surface area contributed by atoms with E-state index in [4.69, 9.17) is 17.0 Å². The SMILES string of the molecule is C=CCN1C(=O)/C(=C/C=C2/CCCN2C)OC1=S. The van der Waals surface area contributed by atoms with Crippen LogP contribution in [0.15, 0.2) is 36.3 Å². The Morgan fingerprint density at radius 2 is 2.28 bits per heavy atom. The van der Waals surface area contributed by atoms with Crippen molar-refractivity contribution in [1.82, 2.24) is 9.80 Å². The maximum atomic E-state index is 11.9. The lowest BCUT2D eigenvalue weighted by atomic mass is 10.3. The Hall–Kier alpha value is -1.62. The second kappa shape index (κ2) is 5.35. The molecule has 2 aliphatic rings.